The van der Waals surface area contributed by atoms with Crippen molar-refractivity contribution in [3.63, 3.8) is 0 Å². The SMILES string of the molecule is c1ccc(-c2ccc(-c3ccc(N(c4ccc5c(c4)C(c4ccccc4)(c4ccccc4)c4ccccc4-5)c4cccc5c4-c4cccc6c(N(c7ccccc7)c7ccccc7)ccc(c46)O5)cc3)cc2)cc1. The minimum absolute atomic E-state index is 0.574. The van der Waals surface area contributed by atoms with E-state index in [0.717, 1.165) is 73.1 Å². The Kier molecular flexibility index (Phi) is 10.4. The summed E-state index contributed by atoms with van der Waals surface area (Å²) in [6.45, 7) is 0. The second-order valence-corrected chi connectivity index (χ2v) is 19.2. The molecule has 0 fully saturated rings. The lowest BCUT2D eigenvalue weighted by Crippen LogP contribution is -2.28. The van der Waals surface area contributed by atoms with Crippen LogP contribution in [-0.2, 0) is 5.41 Å². The zero-order valence-electron chi connectivity index (χ0n) is 40.5. The van der Waals surface area contributed by atoms with Crippen LogP contribution < -0.4 is 14.5 Å². The first kappa shape index (κ1) is 43.1. The van der Waals surface area contributed by atoms with E-state index in [0.29, 0.717) is 0 Å². The number of benzene rings is 12. The third-order valence-electron chi connectivity index (χ3n) is 15.1. The fraction of sp³-hybridized carbons (Fsp3) is 0.0141. The van der Waals surface area contributed by atoms with Crippen LogP contribution in [0.1, 0.15) is 22.3 Å². The second-order valence-electron chi connectivity index (χ2n) is 19.2. The zero-order valence-corrected chi connectivity index (χ0v) is 40.5. The predicted molar refractivity (Wildman–Crippen MR) is 307 cm³/mol. The Morgan fingerprint density at radius 3 is 1.39 bits per heavy atom. The minimum Gasteiger partial charge on any atom is -0.456 e. The van der Waals surface area contributed by atoms with E-state index in [-0.39, 0.29) is 0 Å². The maximum atomic E-state index is 7.10. The molecule has 0 atom stereocenters. The van der Waals surface area contributed by atoms with Crippen LogP contribution >= 0.6 is 0 Å². The standard InChI is InChI=1S/C71H48N2O/c1-6-20-49(21-7-1)50-36-38-51(39-37-50)52-40-42-57(43-41-52)73(58-44-45-60-59-30-16-17-33-63(59)71(64(60)48-58,53-22-8-2-9-23-53)54-24-10-3-11-25-54)66-34-19-35-67-70(66)62-32-18-31-61-65(46-47-68(74-67)69(61)62)72(55-26-12-4-13-27-55)56-28-14-5-15-29-56/h1-48H. The van der Waals surface area contributed by atoms with E-state index in [1.54, 1.807) is 0 Å². The number of nitrogens with zero attached hydrogens (tertiary/aromatic N) is 2. The van der Waals surface area contributed by atoms with Gasteiger partial charge < -0.3 is 14.5 Å². The molecular weight excluding hydrogens is 897 g/mol. The molecular formula is C71H48N2O. The van der Waals surface area contributed by atoms with Crippen LogP contribution in [0.2, 0.25) is 0 Å². The summed E-state index contributed by atoms with van der Waals surface area (Å²) in [5.74, 6) is 1.65. The summed E-state index contributed by atoms with van der Waals surface area (Å²) in [7, 11) is 0. The maximum Gasteiger partial charge on any atom is 0.137 e. The van der Waals surface area contributed by atoms with Crippen LogP contribution in [0.15, 0.2) is 291 Å². The summed E-state index contributed by atoms with van der Waals surface area (Å²) >= 11 is 0. The van der Waals surface area contributed by atoms with E-state index >= 15 is 0 Å². The molecule has 0 aromatic heterocycles. The van der Waals surface area contributed by atoms with E-state index in [1.165, 1.54) is 50.1 Å². The molecule has 2 aliphatic rings. The van der Waals surface area contributed by atoms with Gasteiger partial charge in [0.2, 0.25) is 0 Å². The van der Waals surface area contributed by atoms with Crippen LogP contribution in [0.3, 0.4) is 0 Å². The first-order chi connectivity index (χ1) is 36.7. The van der Waals surface area contributed by atoms with Gasteiger partial charge in [-0.2, -0.15) is 0 Å². The smallest absolute Gasteiger partial charge is 0.137 e. The Labute approximate surface area is 432 Å². The van der Waals surface area contributed by atoms with Crippen molar-refractivity contribution in [1.82, 2.24) is 0 Å². The molecule has 74 heavy (non-hydrogen) atoms. The highest BCUT2D eigenvalue weighted by Crippen LogP contribution is 2.59. The predicted octanol–water partition coefficient (Wildman–Crippen LogP) is 19.2. The molecule has 0 bridgehead atoms. The van der Waals surface area contributed by atoms with Gasteiger partial charge in [0.25, 0.3) is 0 Å². The summed E-state index contributed by atoms with van der Waals surface area (Å²) in [5, 5.41) is 2.18. The van der Waals surface area contributed by atoms with Crippen molar-refractivity contribution in [1.29, 1.82) is 0 Å². The van der Waals surface area contributed by atoms with E-state index in [9.17, 15) is 0 Å². The molecule has 0 N–H and O–H groups in total. The fourth-order valence-corrected chi connectivity index (χ4v) is 11.9. The number of rotatable bonds is 10. The third kappa shape index (κ3) is 6.97. The largest absolute Gasteiger partial charge is 0.456 e. The average Bonchev–Trinajstić information content (AvgIpc) is 3.85. The number of hydrogen-bond donors (Lipinski definition) is 0. The molecule has 0 unspecified atom stereocenters. The number of para-hydroxylation sites is 2. The maximum absolute atomic E-state index is 7.10. The monoisotopic (exact) mass is 944 g/mol. The molecule has 12 aromatic carbocycles. The number of hydrogen-bond acceptors (Lipinski definition) is 3. The minimum atomic E-state index is -0.574. The molecule has 3 heteroatoms. The Balaban J connectivity index is 0.982. The Hall–Kier alpha value is -9.70. The topological polar surface area (TPSA) is 15.7 Å². The lowest BCUT2D eigenvalue weighted by molar-refractivity contribution is 0.487. The zero-order chi connectivity index (χ0) is 49.0. The van der Waals surface area contributed by atoms with Crippen LogP contribution in [-0.4, -0.2) is 0 Å². The van der Waals surface area contributed by atoms with Gasteiger partial charge in [0, 0.05) is 39.1 Å². The second kappa shape index (κ2) is 17.9. The summed E-state index contributed by atoms with van der Waals surface area (Å²) < 4.78 is 7.10. The van der Waals surface area contributed by atoms with Gasteiger partial charge >= 0.3 is 0 Å². The molecule has 3 nitrogen and oxygen atoms in total. The first-order valence-corrected chi connectivity index (χ1v) is 25.4. The van der Waals surface area contributed by atoms with Gasteiger partial charge in [0.1, 0.15) is 11.5 Å². The number of anilines is 6. The third-order valence-corrected chi connectivity index (χ3v) is 15.1. The van der Waals surface area contributed by atoms with Crippen LogP contribution in [0.4, 0.5) is 34.1 Å². The van der Waals surface area contributed by atoms with Gasteiger partial charge in [-0.1, -0.05) is 218 Å². The average molecular weight is 945 g/mol. The molecule has 348 valence electrons. The lowest BCUT2D eigenvalue weighted by Gasteiger charge is -2.35. The van der Waals surface area contributed by atoms with E-state index in [2.05, 4.69) is 301 Å². The summed E-state index contributed by atoms with van der Waals surface area (Å²) in [6, 6.07) is 106. The van der Waals surface area contributed by atoms with E-state index < -0.39 is 5.41 Å². The molecule has 14 rings (SSSR count). The quantitative estimate of drug-likeness (QED) is 0.136. The highest BCUT2D eigenvalue weighted by Gasteiger charge is 2.46. The first-order valence-electron chi connectivity index (χ1n) is 25.4. The lowest BCUT2D eigenvalue weighted by atomic mass is 9.67. The molecule has 0 saturated heterocycles. The molecule has 0 saturated carbocycles. The molecule has 0 spiro atoms. The van der Waals surface area contributed by atoms with E-state index in [1.807, 2.05) is 0 Å². The molecule has 0 radical (unpaired) electrons. The Bertz CT molecular complexity index is 3930. The van der Waals surface area contributed by atoms with Crippen LogP contribution in [0, 0.1) is 0 Å². The van der Waals surface area contributed by atoms with Crippen LogP contribution in [0.25, 0.3) is 55.3 Å². The van der Waals surface area contributed by atoms with Crippen molar-refractivity contribution in [3.8, 4) is 56.0 Å². The van der Waals surface area contributed by atoms with Gasteiger partial charge in [0.15, 0.2) is 0 Å². The van der Waals surface area contributed by atoms with Crippen molar-refractivity contribution in [2.45, 2.75) is 5.41 Å². The molecule has 1 aliphatic carbocycles. The molecule has 1 heterocycles. The van der Waals surface area contributed by atoms with Gasteiger partial charge in [0.05, 0.1) is 16.8 Å². The van der Waals surface area contributed by atoms with Crippen LogP contribution in [0.5, 0.6) is 11.5 Å². The van der Waals surface area contributed by atoms with Gasteiger partial charge in [-0.15, -0.1) is 0 Å². The van der Waals surface area contributed by atoms with Crippen molar-refractivity contribution >= 4 is 44.9 Å². The van der Waals surface area contributed by atoms with E-state index in [4.69, 9.17) is 4.74 Å². The van der Waals surface area contributed by atoms with Crippen molar-refractivity contribution in [2.24, 2.45) is 0 Å². The summed E-state index contributed by atoms with van der Waals surface area (Å²) in [4.78, 5) is 4.80. The Morgan fingerprint density at radius 2 is 0.757 bits per heavy atom. The van der Waals surface area contributed by atoms with Crippen molar-refractivity contribution < 1.29 is 4.74 Å². The number of fused-ring (bicyclic) bond motifs is 5. The van der Waals surface area contributed by atoms with Crippen molar-refractivity contribution in [2.75, 3.05) is 9.80 Å². The highest BCUT2D eigenvalue weighted by atomic mass is 16.5. The van der Waals surface area contributed by atoms with Gasteiger partial charge in [-0.25, -0.2) is 0 Å². The molecule has 12 aromatic rings. The summed E-state index contributed by atoms with van der Waals surface area (Å²) in [5.41, 5.74) is 20.1. The molecule has 1 aliphatic heterocycles. The fourth-order valence-electron chi connectivity index (χ4n) is 11.9. The Morgan fingerprint density at radius 1 is 0.284 bits per heavy atom. The van der Waals surface area contributed by atoms with Crippen molar-refractivity contribution in [3.05, 3.63) is 313 Å². The highest BCUT2D eigenvalue weighted by molar-refractivity contribution is 6.13. The normalized spacial score (nSPS) is 12.5. The molecule has 0 amide bonds. The summed E-state index contributed by atoms with van der Waals surface area (Å²) in [6.07, 6.45) is 0. The number of ether oxygens (including phenoxy) is 1. The van der Waals surface area contributed by atoms with Gasteiger partial charge in [-0.3, -0.25) is 0 Å². The van der Waals surface area contributed by atoms with Gasteiger partial charge in [-0.05, 0) is 134 Å².